The first-order valence-corrected chi connectivity index (χ1v) is 8.52. The quantitative estimate of drug-likeness (QED) is 0.570. The van der Waals surface area contributed by atoms with Gasteiger partial charge in [-0.15, -0.1) is 5.10 Å². The normalized spacial score (nSPS) is 10.7. The van der Waals surface area contributed by atoms with Gasteiger partial charge in [0.2, 0.25) is 0 Å². The molecule has 6 nitrogen and oxygen atoms in total. The molecular weight excluding hydrogens is 340 g/mol. The fraction of sp³-hybridized carbons (Fsp3) is 0.0476. The summed E-state index contributed by atoms with van der Waals surface area (Å²) < 4.78 is 7.02. The predicted molar refractivity (Wildman–Crippen MR) is 106 cm³/mol. The van der Waals surface area contributed by atoms with E-state index in [4.69, 9.17) is 10.5 Å². The van der Waals surface area contributed by atoms with Crippen LogP contribution < -0.4 is 15.8 Å². The Balaban J connectivity index is 1.44. The highest BCUT2D eigenvalue weighted by Gasteiger charge is 2.13. The number of anilines is 2. The van der Waals surface area contributed by atoms with E-state index in [1.807, 2.05) is 60.7 Å². The van der Waals surface area contributed by atoms with Gasteiger partial charge in [0.15, 0.2) is 5.82 Å². The number of amides is 1. The molecule has 0 aliphatic rings. The summed E-state index contributed by atoms with van der Waals surface area (Å²) in [7, 11) is 0. The van der Waals surface area contributed by atoms with E-state index in [0.717, 1.165) is 16.7 Å². The van der Waals surface area contributed by atoms with Gasteiger partial charge in [-0.2, -0.15) is 4.68 Å². The van der Waals surface area contributed by atoms with Crippen LogP contribution in [0.15, 0.2) is 78.9 Å². The lowest BCUT2D eigenvalue weighted by Crippen LogP contribution is -2.20. The number of para-hydroxylation sites is 1. The van der Waals surface area contributed by atoms with Crippen molar-refractivity contribution in [2.75, 3.05) is 11.1 Å². The molecule has 0 saturated carbocycles. The Hall–Kier alpha value is -3.80. The second kappa shape index (κ2) is 7.21. The predicted octanol–water partition coefficient (Wildman–Crippen LogP) is 4.28. The minimum Gasteiger partial charge on any atom is -0.489 e. The lowest BCUT2D eigenvalue weighted by molar-refractivity contribution is 0.252. The molecule has 6 heteroatoms. The fourth-order valence-electron chi connectivity index (χ4n) is 2.80. The molecule has 3 aromatic carbocycles. The Kier molecular flexibility index (Phi) is 4.45. The minimum absolute atomic E-state index is 0.324. The molecule has 0 fully saturated rings. The molecule has 134 valence electrons. The molecule has 0 aliphatic carbocycles. The van der Waals surface area contributed by atoms with Gasteiger partial charge < -0.3 is 15.8 Å². The van der Waals surface area contributed by atoms with Gasteiger partial charge in [-0.3, -0.25) is 0 Å². The molecule has 1 aromatic heterocycles. The second-order valence-corrected chi connectivity index (χ2v) is 6.04. The van der Waals surface area contributed by atoms with Gasteiger partial charge >= 0.3 is 6.03 Å². The van der Waals surface area contributed by atoms with Gasteiger partial charge in [0.1, 0.15) is 12.4 Å². The van der Waals surface area contributed by atoms with Crippen LogP contribution in [0.5, 0.6) is 5.75 Å². The molecule has 0 bridgehead atoms. The Labute approximate surface area is 156 Å². The van der Waals surface area contributed by atoms with Gasteiger partial charge in [-0.05, 0) is 42.0 Å². The molecule has 0 aliphatic heterocycles. The number of fused-ring (bicyclic) bond motifs is 1. The van der Waals surface area contributed by atoms with Gasteiger partial charge in [0, 0.05) is 11.1 Å². The third-order valence-corrected chi connectivity index (χ3v) is 4.16. The van der Waals surface area contributed by atoms with E-state index < -0.39 is 0 Å². The zero-order valence-corrected chi connectivity index (χ0v) is 14.5. The summed E-state index contributed by atoms with van der Waals surface area (Å²) in [6.45, 7) is 0.491. The lowest BCUT2D eigenvalue weighted by Gasteiger charge is -2.09. The highest BCUT2D eigenvalue weighted by Crippen LogP contribution is 2.21. The van der Waals surface area contributed by atoms with E-state index in [1.54, 1.807) is 18.2 Å². The molecule has 0 unspecified atom stereocenters. The number of aromatic nitrogens is 2. The molecule has 4 rings (SSSR count). The van der Waals surface area contributed by atoms with E-state index >= 15 is 0 Å². The number of ether oxygens (including phenoxy) is 1. The molecule has 3 N–H and O–H groups in total. The van der Waals surface area contributed by atoms with E-state index in [1.165, 1.54) is 4.68 Å². The van der Waals surface area contributed by atoms with E-state index in [0.29, 0.717) is 23.6 Å². The second-order valence-electron chi connectivity index (χ2n) is 6.04. The van der Waals surface area contributed by atoms with Crippen LogP contribution >= 0.6 is 0 Å². The first-order chi connectivity index (χ1) is 13.2. The molecular formula is C21H18N4O2. The third-order valence-electron chi connectivity index (χ3n) is 4.16. The summed E-state index contributed by atoms with van der Waals surface area (Å²) in [5, 5.41) is 7.69. The standard InChI is InChI=1S/C21H18N4O2/c22-20-18-8-4-5-9-19(18)25(24-20)21(26)23-16-10-12-17(13-11-16)27-14-15-6-2-1-3-7-15/h1-13H,14H2,(H2,22,24)(H,23,26). The van der Waals surface area contributed by atoms with Crippen molar-refractivity contribution in [3.63, 3.8) is 0 Å². The zero-order chi connectivity index (χ0) is 18.6. The topological polar surface area (TPSA) is 82.2 Å². The fourth-order valence-corrected chi connectivity index (χ4v) is 2.80. The molecule has 1 heterocycles. The van der Waals surface area contributed by atoms with Crippen LogP contribution in [-0.4, -0.2) is 15.8 Å². The van der Waals surface area contributed by atoms with E-state index in [2.05, 4.69) is 10.4 Å². The van der Waals surface area contributed by atoms with Crippen LogP contribution in [0.2, 0.25) is 0 Å². The molecule has 0 spiro atoms. The van der Waals surface area contributed by atoms with Crippen molar-refractivity contribution in [1.82, 2.24) is 9.78 Å². The summed E-state index contributed by atoms with van der Waals surface area (Å²) >= 11 is 0. The maximum atomic E-state index is 12.5. The number of nitrogens with zero attached hydrogens (tertiary/aromatic N) is 2. The number of hydrogen-bond donors (Lipinski definition) is 2. The van der Waals surface area contributed by atoms with Gasteiger partial charge in [0.25, 0.3) is 0 Å². The monoisotopic (exact) mass is 358 g/mol. The van der Waals surface area contributed by atoms with Crippen molar-refractivity contribution in [2.24, 2.45) is 0 Å². The van der Waals surface area contributed by atoms with Crippen LogP contribution in [0, 0.1) is 0 Å². The van der Waals surface area contributed by atoms with Crippen LogP contribution in [0.1, 0.15) is 5.56 Å². The summed E-state index contributed by atoms with van der Waals surface area (Å²) in [5.41, 5.74) is 8.28. The number of carbonyl (C=O) groups is 1. The highest BCUT2D eigenvalue weighted by molar-refractivity contribution is 6.00. The lowest BCUT2D eigenvalue weighted by atomic mass is 10.2. The molecule has 0 atom stereocenters. The van der Waals surface area contributed by atoms with Crippen molar-refractivity contribution >= 4 is 28.4 Å². The molecule has 1 amide bonds. The van der Waals surface area contributed by atoms with Gasteiger partial charge in [-0.1, -0.05) is 42.5 Å². The Morgan fingerprint density at radius 1 is 0.963 bits per heavy atom. The number of nitrogen functional groups attached to an aromatic ring is 1. The Morgan fingerprint density at radius 3 is 2.44 bits per heavy atom. The number of hydrogen-bond acceptors (Lipinski definition) is 4. The molecule has 4 aromatic rings. The maximum Gasteiger partial charge on any atom is 0.347 e. The van der Waals surface area contributed by atoms with Gasteiger partial charge in [-0.25, -0.2) is 4.79 Å². The van der Waals surface area contributed by atoms with Crippen molar-refractivity contribution < 1.29 is 9.53 Å². The molecule has 0 saturated heterocycles. The van der Waals surface area contributed by atoms with Crippen LogP contribution in [0.25, 0.3) is 10.9 Å². The maximum absolute atomic E-state index is 12.5. The van der Waals surface area contributed by atoms with Crippen molar-refractivity contribution in [1.29, 1.82) is 0 Å². The smallest absolute Gasteiger partial charge is 0.347 e. The average molecular weight is 358 g/mol. The number of nitrogens with two attached hydrogens (primary N) is 1. The Morgan fingerprint density at radius 2 is 1.67 bits per heavy atom. The van der Waals surface area contributed by atoms with Crippen LogP contribution in [0.3, 0.4) is 0 Å². The van der Waals surface area contributed by atoms with Crippen molar-refractivity contribution in [3.05, 3.63) is 84.4 Å². The SMILES string of the molecule is Nc1nn(C(=O)Nc2ccc(OCc3ccccc3)cc2)c2ccccc12. The van der Waals surface area contributed by atoms with Crippen molar-refractivity contribution in [2.45, 2.75) is 6.61 Å². The van der Waals surface area contributed by atoms with Crippen molar-refractivity contribution in [3.8, 4) is 5.75 Å². The largest absolute Gasteiger partial charge is 0.489 e. The Bertz CT molecular complexity index is 1070. The first kappa shape index (κ1) is 16.7. The van der Waals surface area contributed by atoms with E-state index in [9.17, 15) is 4.79 Å². The van der Waals surface area contributed by atoms with Gasteiger partial charge in [0.05, 0.1) is 5.52 Å². The van der Waals surface area contributed by atoms with Crippen LogP contribution in [-0.2, 0) is 6.61 Å². The number of carbonyl (C=O) groups excluding carboxylic acids is 1. The highest BCUT2D eigenvalue weighted by atomic mass is 16.5. The van der Waals surface area contributed by atoms with Crippen LogP contribution in [0.4, 0.5) is 16.3 Å². The minimum atomic E-state index is -0.374. The summed E-state index contributed by atoms with van der Waals surface area (Å²) in [6, 6.07) is 24.1. The summed E-state index contributed by atoms with van der Waals surface area (Å²) in [4.78, 5) is 12.5. The van der Waals surface area contributed by atoms with E-state index in [-0.39, 0.29) is 6.03 Å². The summed E-state index contributed by atoms with van der Waals surface area (Å²) in [6.07, 6.45) is 0. The molecule has 0 radical (unpaired) electrons. The average Bonchev–Trinajstić information content (AvgIpc) is 3.05. The number of rotatable bonds is 4. The zero-order valence-electron chi connectivity index (χ0n) is 14.5. The summed E-state index contributed by atoms with van der Waals surface area (Å²) in [5.74, 6) is 1.05. The molecule has 27 heavy (non-hydrogen) atoms. The first-order valence-electron chi connectivity index (χ1n) is 8.52. The number of nitrogens with one attached hydrogen (secondary N) is 1. The third kappa shape index (κ3) is 3.59. The number of benzene rings is 3.